The van der Waals surface area contributed by atoms with Gasteiger partial charge in [-0.3, -0.25) is 9.36 Å². The topological polar surface area (TPSA) is 70.3 Å². The number of alkyl halides is 3. The molecule has 0 fully saturated rings. The molecule has 174 valence electrons. The second kappa shape index (κ2) is 9.20. The van der Waals surface area contributed by atoms with E-state index in [9.17, 15) is 31.9 Å². The Hall–Kier alpha value is -2.82. The molecule has 0 spiro atoms. The fourth-order valence-corrected chi connectivity index (χ4v) is 3.54. The SMILES string of the molecule is Cn1c(C(F)(F)F)cc(=O)n(-c2cc(C(=O)OCc3ccc(Cl)cc3Cl)c(Cl)cc2F)c1=O. The molecule has 0 saturated heterocycles. The summed E-state index contributed by atoms with van der Waals surface area (Å²) in [4.78, 5) is 37.2. The molecule has 3 rings (SSSR count). The summed E-state index contributed by atoms with van der Waals surface area (Å²) in [6.45, 7) is -0.320. The monoisotopic (exact) mass is 524 g/mol. The first kappa shape index (κ1) is 24.8. The van der Waals surface area contributed by atoms with Crippen molar-refractivity contribution >= 4 is 40.8 Å². The Morgan fingerprint density at radius 2 is 1.70 bits per heavy atom. The number of nitrogens with zero attached hydrogens (tertiary/aromatic N) is 2. The van der Waals surface area contributed by atoms with Gasteiger partial charge >= 0.3 is 17.8 Å². The molecule has 0 amide bonds. The van der Waals surface area contributed by atoms with Crippen LogP contribution in [0, 0.1) is 5.82 Å². The average Bonchev–Trinajstić information content (AvgIpc) is 2.70. The van der Waals surface area contributed by atoms with Crippen molar-refractivity contribution in [1.29, 1.82) is 0 Å². The lowest BCUT2D eigenvalue weighted by atomic mass is 10.2. The maximum atomic E-state index is 14.6. The number of carbonyl (C=O) groups is 1. The molecule has 6 nitrogen and oxygen atoms in total. The molecule has 0 bridgehead atoms. The number of aromatic nitrogens is 2. The maximum absolute atomic E-state index is 14.6. The molecule has 1 aromatic heterocycles. The molecule has 13 heteroatoms. The van der Waals surface area contributed by atoms with Crippen LogP contribution in [0.25, 0.3) is 5.69 Å². The molecule has 0 aliphatic rings. The molecule has 3 aromatic rings. The van der Waals surface area contributed by atoms with E-state index in [0.29, 0.717) is 16.7 Å². The Kier molecular flexibility index (Phi) is 6.92. The summed E-state index contributed by atoms with van der Waals surface area (Å²) < 4.78 is 59.1. The highest BCUT2D eigenvalue weighted by molar-refractivity contribution is 6.35. The zero-order valence-electron chi connectivity index (χ0n) is 16.3. The molecule has 0 unspecified atom stereocenters. The van der Waals surface area contributed by atoms with Crippen molar-refractivity contribution in [2.45, 2.75) is 12.8 Å². The van der Waals surface area contributed by atoms with Crippen LogP contribution in [-0.2, 0) is 24.6 Å². The van der Waals surface area contributed by atoms with Gasteiger partial charge in [0, 0.05) is 28.7 Å². The molecule has 33 heavy (non-hydrogen) atoms. The van der Waals surface area contributed by atoms with Crippen molar-refractivity contribution in [3.05, 3.63) is 94.9 Å². The summed E-state index contributed by atoms with van der Waals surface area (Å²) >= 11 is 17.7. The van der Waals surface area contributed by atoms with Crippen LogP contribution in [-0.4, -0.2) is 15.1 Å². The molecular weight excluding hydrogens is 515 g/mol. The predicted molar refractivity (Wildman–Crippen MR) is 113 cm³/mol. The summed E-state index contributed by atoms with van der Waals surface area (Å²) in [7, 11) is 0.764. The quantitative estimate of drug-likeness (QED) is 0.355. The van der Waals surface area contributed by atoms with Gasteiger partial charge < -0.3 is 4.74 Å². The zero-order chi connectivity index (χ0) is 24.7. The minimum atomic E-state index is -5.00. The van der Waals surface area contributed by atoms with Crippen molar-refractivity contribution in [3.8, 4) is 5.69 Å². The molecule has 2 aromatic carbocycles. The number of carbonyl (C=O) groups excluding carboxylic acids is 1. The van der Waals surface area contributed by atoms with Crippen LogP contribution >= 0.6 is 34.8 Å². The standard InChI is InChI=1S/C20H11Cl3F4N2O4/c1-28-16(20(25,26)27)7-17(30)29(19(28)32)15-5-11(13(23)6-14(15)24)18(31)33-8-9-2-3-10(21)4-12(9)22/h2-7H,8H2,1H3. The average molecular weight is 526 g/mol. The van der Waals surface area contributed by atoms with E-state index < -0.39 is 51.2 Å². The van der Waals surface area contributed by atoms with Gasteiger partial charge in [-0.2, -0.15) is 13.2 Å². The van der Waals surface area contributed by atoms with Crippen LogP contribution in [0.2, 0.25) is 15.1 Å². The van der Waals surface area contributed by atoms with Crippen LogP contribution in [0.5, 0.6) is 0 Å². The van der Waals surface area contributed by atoms with Crippen molar-refractivity contribution in [2.75, 3.05) is 0 Å². The lowest BCUT2D eigenvalue weighted by Crippen LogP contribution is -2.41. The number of benzene rings is 2. The number of hydrogen-bond acceptors (Lipinski definition) is 4. The molecule has 0 saturated carbocycles. The van der Waals surface area contributed by atoms with E-state index in [-0.39, 0.29) is 26.8 Å². The Morgan fingerprint density at radius 3 is 2.30 bits per heavy atom. The van der Waals surface area contributed by atoms with Gasteiger partial charge in [-0.05, 0) is 24.3 Å². The lowest BCUT2D eigenvalue weighted by Gasteiger charge is -2.15. The number of rotatable bonds is 4. The normalized spacial score (nSPS) is 11.5. The maximum Gasteiger partial charge on any atom is 0.431 e. The number of ether oxygens (including phenoxy) is 1. The number of halogens is 7. The largest absolute Gasteiger partial charge is 0.457 e. The fourth-order valence-electron chi connectivity index (χ4n) is 2.84. The third-order valence-corrected chi connectivity index (χ3v) is 5.38. The van der Waals surface area contributed by atoms with Gasteiger partial charge in [0.15, 0.2) is 0 Å². The molecule has 1 heterocycles. The van der Waals surface area contributed by atoms with E-state index in [1.54, 1.807) is 0 Å². The van der Waals surface area contributed by atoms with Crippen molar-refractivity contribution in [1.82, 2.24) is 9.13 Å². The van der Waals surface area contributed by atoms with Crippen molar-refractivity contribution < 1.29 is 27.1 Å². The highest BCUT2D eigenvalue weighted by Crippen LogP contribution is 2.28. The molecular formula is C20H11Cl3F4N2O4. The molecule has 0 N–H and O–H groups in total. The van der Waals surface area contributed by atoms with Gasteiger partial charge in [0.1, 0.15) is 18.1 Å². The van der Waals surface area contributed by atoms with Crippen LogP contribution in [0.3, 0.4) is 0 Å². The summed E-state index contributed by atoms with van der Waals surface area (Å²) in [5.41, 5.74) is -5.30. The van der Waals surface area contributed by atoms with Crippen molar-refractivity contribution in [2.24, 2.45) is 7.05 Å². The van der Waals surface area contributed by atoms with E-state index in [0.717, 1.165) is 13.1 Å². The zero-order valence-corrected chi connectivity index (χ0v) is 18.6. The minimum Gasteiger partial charge on any atom is -0.457 e. The molecule has 0 aliphatic carbocycles. The third-order valence-electron chi connectivity index (χ3n) is 4.48. The van der Waals surface area contributed by atoms with E-state index in [1.165, 1.54) is 18.2 Å². The lowest BCUT2D eigenvalue weighted by molar-refractivity contribution is -0.144. The highest BCUT2D eigenvalue weighted by atomic mass is 35.5. The molecule has 0 aliphatic heterocycles. The third kappa shape index (κ3) is 5.07. The van der Waals surface area contributed by atoms with Crippen LogP contribution in [0.4, 0.5) is 17.6 Å². The van der Waals surface area contributed by atoms with E-state index in [2.05, 4.69) is 0 Å². The van der Waals surface area contributed by atoms with E-state index in [4.69, 9.17) is 39.5 Å². The van der Waals surface area contributed by atoms with E-state index in [1.807, 2.05) is 0 Å². The second-order valence-corrected chi connectivity index (χ2v) is 7.89. The van der Waals surface area contributed by atoms with E-state index >= 15 is 0 Å². The summed E-state index contributed by atoms with van der Waals surface area (Å²) in [6.07, 6.45) is -5.00. The number of hydrogen-bond donors (Lipinski definition) is 0. The van der Waals surface area contributed by atoms with Gasteiger partial charge in [0.2, 0.25) is 0 Å². The van der Waals surface area contributed by atoms with Crippen LogP contribution in [0.1, 0.15) is 21.6 Å². The Labute approximate surface area is 197 Å². The Morgan fingerprint density at radius 1 is 1.03 bits per heavy atom. The predicted octanol–water partition coefficient (Wildman–Crippen LogP) is 5.01. The second-order valence-electron chi connectivity index (χ2n) is 6.64. The van der Waals surface area contributed by atoms with Crippen molar-refractivity contribution in [3.63, 3.8) is 0 Å². The van der Waals surface area contributed by atoms with Gasteiger partial charge in [-0.15, -0.1) is 0 Å². The smallest absolute Gasteiger partial charge is 0.431 e. The van der Waals surface area contributed by atoms with Gasteiger partial charge in [-0.1, -0.05) is 40.9 Å². The first-order chi connectivity index (χ1) is 15.3. The fraction of sp³-hybridized carbons (Fsp3) is 0.150. The highest BCUT2D eigenvalue weighted by Gasteiger charge is 2.35. The Bertz CT molecular complexity index is 1380. The summed E-state index contributed by atoms with van der Waals surface area (Å²) in [6, 6.07) is 5.93. The molecule has 0 radical (unpaired) electrons. The first-order valence-electron chi connectivity index (χ1n) is 8.82. The van der Waals surface area contributed by atoms with Gasteiger partial charge in [-0.25, -0.2) is 18.5 Å². The molecule has 0 atom stereocenters. The van der Waals surface area contributed by atoms with Crippen LogP contribution < -0.4 is 11.2 Å². The Balaban J connectivity index is 2.03. The summed E-state index contributed by atoms with van der Waals surface area (Å²) in [5, 5.41) is 0.145. The first-order valence-corrected chi connectivity index (χ1v) is 9.95. The van der Waals surface area contributed by atoms with Gasteiger partial charge in [0.05, 0.1) is 16.3 Å². The minimum absolute atomic E-state index is 0.135. The summed E-state index contributed by atoms with van der Waals surface area (Å²) in [5.74, 6) is -2.29. The van der Waals surface area contributed by atoms with Crippen LogP contribution in [0.15, 0.2) is 46.0 Å². The van der Waals surface area contributed by atoms with Gasteiger partial charge in [0.25, 0.3) is 5.56 Å². The number of esters is 1.